The molecule has 2 rings (SSSR count). The molecular formula is C18H19F2N3O2. The van der Waals surface area contributed by atoms with E-state index in [1.807, 2.05) is 18.2 Å². The molecule has 132 valence electrons. The van der Waals surface area contributed by atoms with Gasteiger partial charge in [0.2, 0.25) is 5.91 Å². The topological polar surface area (TPSA) is 71.1 Å². The van der Waals surface area contributed by atoms with Crippen molar-refractivity contribution in [1.29, 1.82) is 0 Å². The molecule has 25 heavy (non-hydrogen) atoms. The first-order valence-electron chi connectivity index (χ1n) is 7.96. The average molecular weight is 347 g/mol. The fraction of sp³-hybridized carbons (Fsp3) is 0.278. The second-order valence-electron chi connectivity index (χ2n) is 5.40. The van der Waals surface area contributed by atoms with Gasteiger partial charge >= 0.3 is 0 Å². The summed E-state index contributed by atoms with van der Waals surface area (Å²) in [6.45, 7) is 0.715. The number of hydrogen-bond acceptors (Lipinski definition) is 3. The van der Waals surface area contributed by atoms with E-state index in [1.165, 1.54) is 0 Å². The van der Waals surface area contributed by atoms with Crippen LogP contribution in [0.4, 0.5) is 8.78 Å². The maximum Gasteiger partial charge on any atom is 0.254 e. The number of nitrogens with one attached hydrogen (secondary N) is 2. The molecule has 0 saturated heterocycles. The van der Waals surface area contributed by atoms with Crippen molar-refractivity contribution in [3.05, 3.63) is 65.5 Å². The highest BCUT2D eigenvalue weighted by atomic mass is 19.1. The Labute approximate surface area is 144 Å². The number of halogens is 2. The second kappa shape index (κ2) is 9.46. The van der Waals surface area contributed by atoms with Crippen LogP contribution in [0.25, 0.3) is 0 Å². The summed E-state index contributed by atoms with van der Waals surface area (Å²) < 4.78 is 26.2. The number of nitrogens with zero attached hydrogens (tertiary/aromatic N) is 1. The molecule has 0 aliphatic heterocycles. The fourth-order valence-electron chi connectivity index (χ4n) is 2.18. The first-order valence-corrected chi connectivity index (χ1v) is 7.96. The van der Waals surface area contributed by atoms with E-state index in [1.54, 1.807) is 6.20 Å². The molecule has 1 heterocycles. The number of carbonyl (C=O) groups excluding carboxylic acids is 2. The third-order valence-electron chi connectivity index (χ3n) is 3.47. The number of amides is 2. The van der Waals surface area contributed by atoms with Gasteiger partial charge in [-0.25, -0.2) is 8.78 Å². The summed E-state index contributed by atoms with van der Waals surface area (Å²) in [6, 6.07) is 8.36. The SMILES string of the molecule is O=C(CCCNC(=O)c1ccc(F)cc1F)NCCc1ccccn1. The summed E-state index contributed by atoms with van der Waals surface area (Å²) in [7, 11) is 0. The molecule has 2 aromatic rings. The van der Waals surface area contributed by atoms with Crippen LogP contribution in [0.2, 0.25) is 0 Å². The molecule has 5 nitrogen and oxygen atoms in total. The molecule has 0 bridgehead atoms. The van der Waals surface area contributed by atoms with E-state index in [0.717, 1.165) is 17.8 Å². The molecule has 0 saturated carbocycles. The van der Waals surface area contributed by atoms with Crippen LogP contribution in [0.1, 0.15) is 28.9 Å². The van der Waals surface area contributed by atoms with E-state index in [9.17, 15) is 18.4 Å². The lowest BCUT2D eigenvalue weighted by molar-refractivity contribution is -0.121. The van der Waals surface area contributed by atoms with Crippen LogP contribution in [0.15, 0.2) is 42.6 Å². The maximum absolute atomic E-state index is 13.4. The smallest absolute Gasteiger partial charge is 0.254 e. The van der Waals surface area contributed by atoms with Gasteiger partial charge in [0.15, 0.2) is 0 Å². The third-order valence-corrected chi connectivity index (χ3v) is 3.47. The normalized spacial score (nSPS) is 10.3. The van der Waals surface area contributed by atoms with E-state index in [-0.39, 0.29) is 24.4 Å². The van der Waals surface area contributed by atoms with Crippen molar-refractivity contribution < 1.29 is 18.4 Å². The minimum Gasteiger partial charge on any atom is -0.356 e. The Bertz CT molecular complexity index is 724. The van der Waals surface area contributed by atoms with Gasteiger partial charge in [0, 0.05) is 43.9 Å². The number of carbonyl (C=O) groups is 2. The summed E-state index contributed by atoms with van der Waals surface area (Å²) >= 11 is 0. The van der Waals surface area contributed by atoms with Gasteiger partial charge in [-0.15, -0.1) is 0 Å². The Hall–Kier alpha value is -2.83. The molecular weight excluding hydrogens is 328 g/mol. The van der Waals surface area contributed by atoms with Gasteiger partial charge in [0.1, 0.15) is 11.6 Å². The summed E-state index contributed by atoms with van der Waals surface area (Å²) in [6.07, 6.45) is 3.01. The minimum absolute atomic E-state index is 0.127. The zero-order chi connectivity index (χ0) is 18.1. The molecule has 0 unspecified atom stereocenters. The van der Waals surface area contributed by atoms with E-state index in [4.69, 9.17) is 0 Å². The van der Waals surface area contributed by atoms with Crippen molar-refractivity contribution in [2.24, 2.45) is 0 Å². The fourth-order valence-corrected chi connectivity index (χ4v) is 2.18. The van der Waals surface area contributed by atoms with Crippen LogP contribution in [0.3, 0.4) is 0 Å². The minimum atomic E-state index is -0.912. The van der Waals surface area contributed by atoms with Crippen molar-refractivity contribution in [1.82, 2.24) is 15.6 Å². The Kier molecular flexibility index (Phi) is 7.00. The molecule has 1 aromatic carbocycles. The maximum atomic E-state index is 13.4. The van der Waals surface area contributed by atoms with Crippen LogP contribution in [0, 0.1) is 11.6 Å². The third kappa shape index (κ3) is 6.29. The van der Waals surface area contributed by atoms with Crippen molar-refractivity contribution >= 4 is 11.8 Å². The highest BCUT2D eigenvalue weighted by molar-refractivity contribution is 5.94. The first-order chi connectivity index (χ1) is 12.1. The van der Waals surface area contributed by atoms with Crippen molar-refractivity contribution in [3.8, 4) is 0 Å². The van der Waals surface area contributed by atoms with Crippen LogP contribution < -0.4 is 10.6 Å². The van der Waals surface area contributed by atoms with Gasteiger partial charge in [0.25, 0.3) is 5.91 Å². The predicted octanol–water partition coefficient (Wildman–Crippen LogP) is 2.23. The Morgan fingerprint density at radius 2 is 1.88 bits per heavy atom. The van der Waals surface area contributed by atoms with Gasteiger partial charge < -0.3 is 10.6 Å². The van der Waals surface area contributed by atoms with Gasteiger partial charge in [-0.05, 0) is 30.7 Å². The average Bonchev–Trinajstić information content (AvgIpc) is 2.59. The van der Waals surface area contributed by atoms with Crippen molar-refractivity contribution in [2.75, 3.05) is 13.1 Å². The molecule has 0 aliphatic carbocycles. The molecule has 2 N–H and O–H groups in total. The summed E-state index contributed by atoms with van der Waals surface area (Å²) in [5, 5.41) is 5.28. The lowest BCUT2D eigenvalue weighted by Gasteiger charge is -2.07. The monoisotopic (exact) mass is 347 g/mol. The highest BCUT2D eigenvalue weighted by Crippen LogP contribution is 2.09. The van der Waals surface area contributed by atoms with Crippen LogP contribution in [-0.4, -0.2) is 29.9 Å². The Balaban J connectivity index is 1.62. The van der Waals surface area contributed by atoms with Crippen LogP contribution in [0.5, 0.6) is 0 Å². The van der Waals surface area contributed by atoms with Crippen molar-refractivity contribution in [3.63, 3.8) is 0 Å². The molecule has 2 amide bonds. The number of benzene rings is 1. The molecule has 1 aromatic heterocycles. The highest BCUT2D eigenvalue weighted by Gasteiger charge is 2.12. The molecule has 0 spiro atoms. The zero-order valence-corrected chi connectivity index (χ0v) is 13.6. The van der Waals surface area contributed by atoms with Gasteiger partial charge in [-0.3, -0.25) is 14.6 Å². The number of rotatable bonds is 8. The molecule has 7 heteroatoms. The quantitative estimate of drug-likeness (QED) is 0.720. The lowest BCUT2D eigenvalue weighted by atomic mass is 10.2. The zero-order valence-electron chi connectivity index (χ0n) is 13.6. The second-order valence-corrected chi connectivity index (χ2v) is 5.40. The molecule has 0 fully saturated rings. The molecule has 0 radical (unpaired) electrons. The van der Waals surface area contributed by atoms with E-state index in [0.29, 0.717) is 25.5 Å². The summed E-state index contributed by atoms with van der Waals surface area (Å²) in [5.74, 6) is -2.41. The molecule has 0 atom stereocenters. The Morgan fingerprint density at radius 3 is 2.60 bits per heavy atom. The number of aromatic nitrogens is 1. The summed E-state index contributed by atoms with van der Waals surface area (Å²) in [4.78, 5) is 27.6. The van der Waals surface area contributed by atoms with E-state index >= 15 is 0 Å². The largest absolute Gasteiger partial charge is 0.356 e. The van der Waals surface area contributed by atoms with Gasteiger partial charge in [-0.1, -0.05) is 6.07 Å². The predicted molar refractivity (Wildman–Crippen MR) is 88.9 cm³/mol. The van der Waals surface area contributed by atoms with Crippen LogP contribution >= 0.6 is 0 Å². The van der Waals surface area contributed by atoms with Gasteiger partial charge in [-0.2, -0.15) is 0 Å². The summed E-state index contributed by atoms with van der Waals surface area (Å²) in [5.41, 5.74) is 0.678. The van der Waals surface area contributed by atoms with Crippen molar-refractivity contribution in [2.45, 2.75) is 19.3 Å². The first kappa shape index (κ1) is 18.5. The van der Waals surface area contributed by atoms with Crippen LogP contribution in [-0.2, 0) is 11.2 Å². The number of pyridine rings is 1. The van der Waals surface area contributed by atoms with E-state index < -0.39 is 17.5 Å². The van der Waals surface area contributed by atoms with Gasteiger partial charge in [0.05, 0.1) is 5.56 Å². The van der Waals surface area contributed by atoms with E-state index in [2.05, 4.69) is 15.6 Å². The lowest BCUT2D eigenvalue weighted by Crippen LogP contribution is -2.29. The Morgan fingerprint density at radius 1 is 1.04 bits per heavy atom. The standard InChI is InChI=1S/C18H19F2N3O2/c19-13-6-7-15(16(20)12-13)18(25)23-10-3-5-17(24)22-11-8-14-4-1-2-9-21-14/h1-2,4,6-7,9,12H,3,5,8,10-11H2,(H,22,24)(H,23,25). The molecule has 0 aliphatic rings. The number of hydrogen-bond donors (Lipinski definition) is 2.